The standard InChI is InChI=1S/C17H24N2S/c1-12(16(18)13-8-6-5-7-9-13)10-15-19-14(11-20-15)17(2,3)4/h5-9,11-12,16H,10,18H2,1-4H3. The van der Waals surface area contributed by atoms with E-state index in [9.17, 15) is 0 Å². The van der Waals surface area contributed by atoms with Gasteiger partial charge in [0, 0.05) is 23.3 Å². The van der Waals surface area contributed by atoms with Crippen LogP contribution in [-0.2, 0) is 11.8 Å². The molecular weight excluding hydrogens is 264 g/mol. The third kappa shape index (κ3) is 3.68. The van der Waals surface area contributed by atoms with Crippen LogP contribution in [0.15, 0.2) is 35.7 Å². The van der Waals surface area contributed by atoms with Crippen molar-refractivity contribution in [3.63, 3.8) is 0 Å². The number of benzene rings is 1. The predicted molar refractivity (Wildman–Crippen MR) is 87.1 cm³/mol. The van der Waals surface area contributed by atoms with E-state index in [0.717, 1.165) is 6.42 Å². The topological polar surface area (TPSA) is 38.9 Å². The van der Waals surface area contributed by atoms with Crippen LogP contribution < -0.4 is 5.73 Å². The summed E-state index contributed by atoms with van der Waals surface area (Å²) in [5.74, 6) is 0.386. The molecule has 0 bridgehead atoms. The normalized spacial score (nSPS) is 15.1. The molecule has 108 valence electrons. The lowest BCUT2D eigenvalue weighted by Gasteiger charge is -2.19. The molecule has 2 aromatic rings. The Balaban J connectivity index is 2.04. The molecular formula is C17H24N2S. The fourth-order valence-electron chi connectivity index (χ4n) is 2.16. The summed E-state index contributed by atoms with van der Waals surface area (Å²) in [5, 5.41) is 3.37. The third-order valence-electron chi connectivity index (χ3n) is 3.61. The number of aromatic nitrogens is 1. The lowest BCUT2D eigenvalue weighted by Crippen LogP contribution is -2.21. The number of hydrogen-bond donors (Lipinski definition) is 1. The van der Waals surface area contributed by atoms with E-state index in [1.54, 1.807) is 11.3 Å². The Hall–Kier alpha value is -1.19. The third-order valence-corrected chi connectivity index (χ3v) is 4.49. The summed E-state index contributed by atoms with van der Waals surface area (Å²) in [5.41, 5.74) is 8.86. The van der Waals surface area contributed by atoms with Crippen molar-refractivity contribution in [2.45, 2.75) is 45.6 Å². The number of rotatable bonds is 4. The van der Waals surface area contributed by atoms with Crippen molar-refractivity contribution in [3.05, 3.63) is 52.0 Å². The van der Waals surface area contributed by atoms with Gasteiger partial charge in [0.05, 0.1) is 10.7 Å². The van der Waals surface area contributed by atoms with Gasteiger partial charge >= 0.3 is 0 Å². The highest BCUT2D eigenvalue weighted by molar-refractivity contribution is 7.09. The molecule has 2 atom stereocenters. The molecule has 2 nitrogen and oxygen atoms in total. The van der Waals surface area contributed by atoms with Crippen LogP contribution in [-0.4, -0.2) is 4.98 Å². The zero-order chi connectivity index (χ0) is 14.8. The maximum atomic E-state index is 6.36. The molecule has 1 heterocycles. The van der Waals surface area contributed by atoms with Crippen molar-refractivity contribution in [2.24, 2.45) is 11.7 Å². The van der Waals surface area contributed by atoms with Gasteiger partial charge in [0.2, 0.25) is 0 Å². The van der Waals surface area contributed by atoms with Crippen molar-refractivity contribution < 1.29 is 0 Å². The lowest BCUT2D eigenvalue weighted by atomic mass is 9.92. The first-order valence-corrected chi connectivity index (χ1v) is 8.01. The van der Waals surface area contributed by atoms with E-state index in [2.05, 4.69) is 45.2 Å². The number of thiazole rings is 1. The zero-order valence-electron chi connectivity index (χ0n) is 12.8. The molecule has 0 aliphatic carbocycles. The highest BCUT2D eigenvalue weighted by Gasteiger charge is 2.20. The van der Waals surface area contributed by atoms with Crippen LogP contribution >= 0.6 is 11.3 Å². The molecule has 1 aromatic heterocycles. The van der Waals surface area contributed by atoms with Crippen LogP contribution in [0.2, 0.25) is 0 Å². The Morgan fingerprint density at radius 3 is 2.40 bits per heavy atom. The predicted octanol–water partition coefficient (Wildman–Crippen LogP) is 4.32. The van der Waals surface area contributed by atoms with Crippen molar-refractivity contribution >= 4 is 11.3 Å². The van der Waals surface area contributed by atoms with Crippen LogP contribution in [0.1, 0.15) is 50.0 Å². The summed E-state index contributed by atoms with van der Waals surface area (Å²) in [6.07, 6.45) is 0.941. The summed E-state index contributed by atoms with van der Waals surface area (Å²) < 4.78 is 0. The summed E-state index contributed by atoms with van der Waals surface area (Å²) in [6.45, 7) is 8.80. The van der Waals surface area contributed by atoms with Crippen LogP contribution in [0.4, 0.5) is 0 Å². The minimum absolute atomic E-state index is 0.0678. The molecule has 20 heavy (non-hydrogen) atoms. The second-order valence-electron chi connectivity index (χ2n) is 6.49. The van der Waals surface area contributed by atoms with E-state index in [0.29, 0.717) is 5.92 Å². The number of nitrogens with zero attached hydrogens (tertiary/aromatic N) is 1. The molecule has 0 saturated carbocycles. The Labute approximate surface area is 126 Å². The number of nitrogens with two attached hydrogens (primary N) is 1. The molecule has 0 amide bonds. The lowest BCUT2D eigenvalue weighted by molar-refractivity contribution is 0.465. The quantitative estimate of drug-likeness (QED) is 0.910. The van der Waals surface area contributed by atoms with E-state index in [-0.39, 0.29) is 11.5 Å². The molecule has 0 spiro atoms. The average Bonchev–Trinajstić information content (AvgIpc) is 2.87. The minimum atomic E-state index is 0.0678. The molecule has 2 unspecified atom stereocenters. The van der Waals surface area contributed by atoms with Crippen molar-refractivity contribution in [3.8, 4) is 0 Å². The summed E-state index contributed by atoms with van der Waals surface area (Å²) in [4.78, 5) is 4.76. The van der Waals surface area contributed by atoms with Crippen molar-refractivity contribution in [1.29, 1.82) is 0 Å². The monoisotopic (exact) mass is 288 g/mol. The molecule has 2 rings (SSSR count). The molecule has 0 fully saturated rings. The highest BCUT2D eigenvalue weighted by atomic mass is 32.1. The molecule has 2 N–H and O–H groups in total. The molecule has 3 heteroatoms. The summed E-state index contributed by atoms with van der Waals surface area (Å²) in [6, 6.07) is 10.4. The minimum Gasteiger partial charge on any atom is -0.324 e. The van der Waals surface area contributed by atoms with Gasteiger partial charge in [-0.15, -0.1) is 11.3 Å². The van der Waals surface area contributed by atoms with Crippen LogP contribution in [0.25, 0.3) is 0 Å². The first kappa shape index (κ1) is 15.2. The largest absolute Gasteiger partial charge is 0.324 e. The maximum Gasteiger partial charge on any atom is 0.0931 e. The average molecular weight is 288 g/mol. The second-order valence-corrected chi connectivity index (χ2v) is 7.44. The van der Waals surface area contributed by atoms with Crippen LogP contribution in [0.5, 0.6) is 0 Å². The van der Waals surface area contributed by atoms with Gasteiger partial charge in [-0.25, -0.2) is 4.98 Å². The second kappa shape index (κ2) is 6.06. The van der Waals surface area contributed by atoms with Gasteiger partial charge in [-0.05, 0) is 11.5 Å². The van der Waals surface area contributed by atoms with E-state index in [1.807, 2.05) is 18.2 Å². The molecule has 0 radical (unpaired) electrons. The summed E-state index contributed by atoms with van der Waals surface area (Å²) in [7, 11) is 0. The van der Waals surface area contributed by atoms with Gasteiger partial charge < -0.3 is 5.73 Å². The van der Waals surface area contributed by atoms with Crippen molar-refractivity contribution in [2.75, 3.05) is 0 Å². The zero-order valence-corrected chi connectivity index (χ0v) is 13.6. The van der Waals surface area contributed by atoms with Gasteiger partial charge in [0.25, 0.3) is 0 Å². The first-order chi connectivity index (χ1) is 9.38. The van der Waals surface area contributed by atoms with Crippen LogP contribution in [0, 0.1) is 5.92 Å². The van der Waals surface area contributed by atoms with E-state index < -0.39 is 0 Å². The summed E-state index contributed by atoms with van der Waals surface area (Å²) >= 11 is 1.75. The van der Waals surface area contributed by atoms with Crippen molar-refractivity contribution in [1.82, 2.24) is 4.98 Å². The van der Waals surface area contributed by atoms with E-state index >= 15 is 0 Å². The van der Waals surface area contributed by atoms with Crippen LogP contribution in [0.3, 0.4) is 0 Å². The fourth-order valence-corrected chi connectivity index (χ4v) is 3.32. The maximum absolute atomic E-state index is 6.36. The van der Waals surface area contributed by atoms with E-state index in [1.165, 1.54) is 16.3 Å². The first-order valence-electron chi connectivity index (χ1n) is 7.13. The van der Waals surface area contributed by atoms with Gasteiger partial charge in [0.15, 0.2) is 0 Å². The smallest absolute Gasteiger partial charge is 0.0931 e. The van der Waals surface area contributed by atoms with Gasteiger partial charge in [-0.2, -0.15) is 0 Å². The Bertz CT molecular complexity index is 540. The molecule has 1 aromatic carbocycles. The Morgan fingerprint density at radius 1 is 1.20 bits per heavy atom. The molecule has 0 aliphatic rings. The Kier molecular flexibility index (Phi) is 4.61. The SMILES string of the molecule is CC(Cc1nc(C(C)(C)C)cs1)C(N)c1ccccc1. The number of hydrogen-bond acceptors (Lipinski definition) is 3. The molecule has 0 aliphatic heterocycles. The molecule has 0 saturated heterocycles. The van der Waals surface area contributed by atoms with Gasteiger partial charge in [0.1, 0.15) is 0 Å². The Morgan fingerprint density at radius 2 is 1.85 bits per heavy atom. The fraction of sp³-hybridized carbons (Fsp3) is 0.471. The van der Waals surface area contributed by atoms with Gasteiger partial charge in [-0.3, -0.25) is 0 Å². The highest BCUT2D eigenvalue weighted by Crippen LogP contribution is 2.27. The van der Waals surface area contributed by atoms with E-state index in [4.69, 9.17) is 10.7 Å². The van der Waals surface area contributed by atoms with Gasteiger partial charge in [-0.1, -0.05) is 58.0 Å².